The Morgan fingerprint density at radius 1 is 1.15 bits per heavy atom. The Morgan fingerprint density at radius 3 is 2.41 bits per heavy atom. The summed E-state index contributed by atoms with van der Waals surface area (Å²) in [5.41, 5.74) is 1.32. The van der Waals surface area contributed by atoms with Gasteiger partial charge in [-0.05, 0) is 50.5 Å². The lowest BCUT2D eigenvalue weighted by molar-refractivity contribution is -0.130. The van der Waals surface area contributed by atoms with Crippen LogP contribution >= 0.6 is 0 Å². The minimum Gasteiger partial charge on any atom is -0.466 e. The zero-order valence-electron chi connectivity index (χ0n) is 15.8. The van der Waals surface area contributed by atoms with Crippen LogP contribution < -0.4 is 0 Å². The molecule has 0 saturated carbocycles. The number of furan rings is 1. The SMILES string of the molecule is Cc1cc(C(=O)N(CCC(=O)N2CCCC2)Cc2ccc(F)cc2)c(C)o1. The fourth-order valence-electron chi connectivity index (χ4n) is 3.43. The van der Waals surface area contributed by atoms with E-state index in [9.17, 15) is 14.0 Å². The van der Waals surface area contributed by atoms with Gasteiger partial charge in [0.2, 0.25) is 5.91 Å². The number of carbonyl (C=O) groups is 2. The first-order valence-electron chi connectivity index (χ1n) is 9.32. The Morgan fingerprint density at radius 2 is 1.81 bits per heavy atom. The molecule has 144 valence electrons. The van der Waals surface area contributed by atoms with E-state index >= 15 is 0 Å². The first-order chi connectivity index (χ1) is 12.9. The lowest BCUT2D eigenvalue weighted by Gasteiger charge is -2.24. The topological polar surface area (TPSA) is 53.8 Å². The van der Waals surface area contributed by atoms with Crippen molar-refractivity contribution in [3.05, 3.63) is 58.8 Å². The molecule has 0 unspecified atom stereocenters. The zero-order chi connectivity index (χ0) is 19.4. The Labute approximate surface area is 158 Å². The molecule has 1 aromatic heterocycles. The minimum atomic E-state index is -0.317. The van der Waals surface area contributed by atoms with Crippen LogP contribution in [0.3, 0.4) is 0 Å². The quantitative estimate of drug-likeness (QED) is 0.777. The van der Waals surface area contributed by atoms with E-state index < -0.39 is 0 Å². The molecule has 1 saturated heterocycles. The van der Waals surface area contributed by atoms with Crippen LogP contribution in [-0.4, -0.2) is 41.2 Å². The number of halogens is 1. The number of benzene rings is 1. The monoisotopic (exact) mass is 372 g/mol. The van der Waals surface area contributed by atoms with Crippen molar-refractivity contribution in [2.24, 2.45) is 0 Å². The van der Waals surface area contributed by atoms with Gasteiger partial charge in [0.1, 0.15) is 17.3 Å². The molecule has 1 aromatic carbocycles. The molecule has 6 heteroatoms. The van der Waals surface area contributed by atoms with E-state index in [0.29, 0.717) is 30.2 Å². The number of nitrogens with zero attached hydrogens (tertiary/aromatic N) is 2. The van der Waals surface area contributed by atoms with Gasteiger partial charge in [-0.3, -0.25) is 9.59 Å². The van der Waals surface area contributed by atoms with Gasteiger partial charge in [-0.15, -0.1) is 0 Å². The number of hydrogen-bond acceptors (Lipinski definition) is 3. The molecule has 3 rings (SSSR count). The number of likely N-dealkylation sites (tertiary alicyclic amines) is 1. The first-order valence-corrected chi connectivity index (χ1v) is 9.32. The molecule has 0 radical (unpaired) electrons. The number of carbonyl (C=O) groups excluding carboxylic acids is 2. The molecule has 27 heavy (non-hydrogen) atoms. The summed E-state index contributed by atoms with van der Waals surface area (Å²) in [5, 5.41) is 0. The van der Waals surface area contributed by atoms with Gasteiger partial charge in [-0.2, -0.15) is 0 Å². The predicted octanol–water partition coefficient (Wildman–Crippen LogP) is 3.69. The van der Waals surface area contributed by atoms with Crippen molar-refractivity contribution in [2.75, 3.05) is 19.6 Å². The Hall–Kier alpha value is -2.63. The van der Waals surface area contributed by atoms with Crippen LogP contribution in [0, 0.1) is 19.7 Å². The molecule has 1 fully saturated rings. The van der Waals surface area contributed by atoms with Crippen molar-refractivity contribution in [3.8, 4) is 0 Å². The van der Waals surface area contributed by atoms with Crippen molar-refractivity contribution >= 4 is 11.8 Å². The van der Waals surface area contributed by atoms with Gasteiger partial charge in [0, 0.05) is 32.6 Å². The highest BCUT2D eigenvalue weighted by atomic mass is 19.1. The first kappa shape index (κ1) is 19.1. The predicted molar refractivity (Wildman–Crippen MR) is 99.8 cm³/mol. The van der Waals surface area contributed by atoms with E-state index in [0.717, 1.165) is 31.5 Å². The molecule has 1 aliphatic rings. The average Bonchev–Trinajstić information content (AvgIpc) is 3.29. The van der Waals surface area contributed by atoms with Crippen molar-refractivity contribution in [1.29, 1.82) is 0 Å². The summed E-state index contributed by atoms with van der Waals surface area (Å²) in [7, 11) is 0. The largest absolute Gasteiger partial charge is 0.466 e. The van der Waals surface area contributed by atoms with Crippen molar-refractivity contribution in [1.82, 2.24) is 9.80 Å². The van der Waals surface area contributed by atoms with Crippen molar-refractivity contribution in [3.63, 3.8) is 0 Å². The fraction of sp³-hybridized carbons (Fsp3) is 0.429. The molecule has 1 aliphatic heterocycles. The molecular weight excluding hydrogens is 347 g/mol. The normalized spacial score (nSPS) is 13.8. The molecule has 0 N–H and O–H groups in total. The van der Waals surface area contributed by atoms with Gasteiger partial charge in [-0.25, -0.2) is 4.39 Å². The Kier molecular flexibility index (Phi) is 5.94. The third-order valence-corrected chi connectivity index (χ3v) is 4.90. The van der Waals surface area contributed by atoms with Gasteiger partial charge >= 0.3 is 0 Å². The second kappa shape index (κ2) is 8.37. The summed E-state index contributed by atoms with van der Waals surface area (Å²) in [6.45, 7) is 5.78. The van der Waals surface area contributed by atoms with Crippen LogP contribution in [0.25, 0.3) is 0 Å². The Bertz CT molecular complexity index is 807. The maximum Gasteiger partial charge on any atom is 0.257 e. The molecule has 0 spiro atoms. The molecule has 2 heterocycles. The lowest BCUT2D eigenvalue weighted by Crippen LogP contribution is -2.36. The highest BCUT2D eigenvalue weighted by Crippen LogP contribution is 2.19. The second-order valence-corrected chi connectivity index (χ2v) is 7.02. The van der Waals surface area contributed by atoms with E-state index in [4.69, 9.17) is 4.42 Å². The summed E-state index contributed by atoms with van der Waals surface area (Å²) < 4.78 is 18.7. The van der Waals surface area contributed by atoms with Gasteiger partial charge in [0.15, 0.2) is 0 Å². The molecule has 2 amide bonds. The van der Waals surface area contributed by atoms with Crippen molar-refractivity contribution < 1.29 is 18.4 Å². The number of rotatable bonds is 6. The summed E-state index contributed by atoms with van der Waals surface area (Å²) in [4.78, 5) is 28.9. The van der Waals surface area contributed by atoms with E-state index in [-0.39, 0.29) is 24.1 Å². The zero-order valence-corrected chi connectivity index (χ0v) is 15.8. The fourth-order valence-corrected chi connectivity index (χ4v) is 3.43. The second-order valence-electron chi connectivity index (χ2n) is 7.02. The maximum atomic E-state index is 13.2. The third kappa shape index (κ3) is 4.76. The summed E-state index contributed by atoms with van der Waals surface area (Å²) in [6.07, 6.45) is 2.36. The van der Waals surface area contributed by atoms with Crippen LogP contribution in [0.15, 0.2) is 34.7 Å². The summed E-state index contributed by atoms with van der Waals surface area (Å²) >= 11 is 0. The maximum absolute atomic E-state index is 13.2. The average molecular weight is 372 g/mol. The third-order valence-electron chi connectivity index (χ3n) is 4.90. The van der Waals surface area contributed by atoms with Gasteiger partial charge < -0.3 is 14.2 Å². The van der Waals surface area contributed by atoms with Gasteiger partial charge in [0.25, 0.3) is 5.91 Å². The van der Waals surface area contributed by atoms with Crippen LogP contribution in [0.2, 0.25) is 0 Å². The number of hydrogen-bond donors (Lipinski definition) is 0. The van der Waals surface area contributed by atoms with E-state index in [1.807, 2.05) is 4.90 Å². The molecule has 2 aromatic rings. The van der Waals surface area contributed by atoms with Gasteiger partial charge in [0.05, 0.1) is 5.56 Å². The standard InChI is InChI=1S/C21H25FN2O3/c1-15-13-19(16(2)27-15)21(26)24(14-17-5-7-18(22)8-6-17)12-9-20(25)23-10-3-4-11-23/h5-8,13H,3-4,9-12,14H2,1-2H3. The van der Waals surface area contributed by atoms with Gasteiger partial charge in [-0.1, -0.05) is 12.1 Å². The van der Waals surface area contributed by atoms with Crippen molar-refractivity contribution in [2.45, 2.75) is 39.7 Å². The molecule has 0 aliphatic carbocycles. The molecule has 0 atom stereocenters. The summed E-state index contributed by atoms with van der Waals surface area (Å²) in [5.74, 6) is 0.813. The smallest absolute Gasteiger partial charge is 0.257 e. The number of aryl methyl sites for hydroxylation is 2. The van der Waals surface area contributed by atoms with E-state index in [1.54, 1.807) is 36.9 Å². The highest BCUT2D eigenvalue weighted by molar-refractivity contribution is 5.95. The van der Waals surface area contributed by atoms with Crippen LogP contribution in [-0.2, 0) is 11.3 Å². The lowest BCUT2D eigenvalue weighted by atomic mass is 10.1. The minimum absolute atomic E-state index is 0.0736. The van der Waals surface area contributed by atoms with E-state index in [2.05, 4.69) is 0 Å². The molecular formula is C21H25FN2O3. The van der Waals surface area contributed by atoms with Crippen LogP contribution in [0.5, 0.6) is 0 Å². The summed E-state index contributed by atoms with van der Waals surface area (Å²) in [6, 6.07) is 7.79. The van der Waals surface area contributed by atoms with Crippen LogP contribution in [0.1, 0.15) is 46.7 Å². The number of amides is 2. The van der Waals surface area contributed by atoms with E-state index in [1.165, 1.54) is 12.1 Å². The van der Waals surface area contributed by atoms with Crippen LogP contribution in [0.4, 0.5) is 4.39 Å². The Balaban J connectivity index is 1.74. The highest BCUT2D eigenvalue weighted by Gasteiger charge is 2.23. The molecule has 5 nitrogen and oxygen atoms in total. The molecule has 0 bridgehead atoms.